The van der Waals surface area contributed by atoms with Crippen LogP contribution < -0.4 is 10.6 Å². The number of ether oxygens (including phenoxy) is 1. The average Bonchev–Trinajstić information content (AvgIpc) is 3.46. The van der Waals surface area contributed by atoms with E-state index in [1.54, 1.807) is 7.05 Å². The van der Waals surface area contributed by atoms with Crippen molar-refractivity contribution in [2.24, 2.45) is 57.2 Å². The highest BCUT2D eigenvalue weighted by atomic mass is 16.5. The minimum absolute atomic E-state index is 0.0170. The van der Waals surface area contributed by atoms with Crippen LogP contribution in [0.15, 0.2) is 52.7 Å². The van der Waals surface area contributed by atoms with Crippen molar-refractivity contribution in [2.45, 2.75) is 69.7 Å². The Morgan fingerprint density at radius 2 is 2.04 bits per heavy atom. The third-order valence-electron chi connectivity index (χ3n) is 13.9. The van der Waals surface area contributed by atoms with E-state index in [0.29, 0.717) is 57.3 Å². The molecule has 0 aromatic rings. The molecule has 2 spiro atoms. The molecule has 252 valence electrons. The first-order valence-electron chi connectivity index (χ1n) is 17.9. The largest absolute Gasteiger partial charge is 0.478 e. The zero-order valence-corrected chi connectivity index (χ0v) is 27.7. The fraction of sp³-hybridized carbons (Fsp3) is 0.684. The molecule has 3 saturated carbocycles. The second-order valence-electron chi connectivity index (χ2n) is 15.6. The summed E-state index contributed by atoms with van der Waals surface area (Å²) in [5.74, 6) is 8.29. The zero-order valence-electron chi connectivity index (χ0n) is 27.7. The predicted molar refractivity (Wildman–Crippen MR) is 179 cm³/mol. The van der Waals surface area contributed by atoms with Gasteiger partial charge < -0.3 is 35.6 Å². The summed E-state index contributed by atoms with van der Waals surface area (Å²) < 4.78 is 7.04. The number of aliphatic hydroxyl groups excluding tert-OH is 1. The first kappa shape index (κ1) is 31.4. The van der Waals surface area contributed by atoms with Gasteiger partial charge in [-0.25, -0.2) is 4.79 Å². The summed E-state index contributed by atoms with van der Waals surface area (Å²) in [6, 6.07) is 0. The number of nitrogens with zero attached hydrogens (tertiary/aromatic N) is 2. The Bertz CT molecular complexity index is 1520. The van der Waals surface area contributed by atoms with Crippen LogP contribution in [0, 0.1) is 64.1 Å². The minimum atomic E-state index is -1.59. The summed E-state index contributed by atoms with van der Waals surface area (Å²) >= 11 is 0. The monoisotopic (exact) mass is 642 g/mol. The molecular formula is C38H50N4O5. The van der Waals surface area contributed by atoms with E-state index >= 15 is 0 Å². The number of fused-ring (bicyclic) bond motifs is 4. The minimum Gasteiger partial charge on any atom is -0.478 e. The number of guanidine groups is 1. The van der Waals surface area contributed by atoms with Crippen LogP contribution in [0.4, 0.5) is 0 Å². The molecule has 5 N–H and O–H groups in total. The third-order valence-corrected chi connectivity index (χ3v) is 13.9. The molecule has 0 aromatic carbocycles. The van der Waals surface area contributed by atoms with Gasteiger partial charge in [-0.15, -0.1) is 0 Å². The number of aliphatic carboxylic acids is 1. The van der Waals surface area contributed by atoms with Gasteiger partial charge in [-0.1, -0.05) is 49.1 Å². The summed E-state index contributed by atoms with van der Waals surface area (Å²) in [6.45, 7) is 4.64. The SMILES string of the molecule is CN=C1NCC#CC2CC(C)C34CC(O)(C5CCC6CCC7C=CC=CC7C6O5)C(C(=O)O)=C3CC2C42CN1C=CC2CNCCO. The fourth-order valence-corrected chi connectivity index (χ4v) is 12.2. The van der Waals surface area contributed by atoms with Crippen molar-refractivity contribution in [2.75, 3.05) is 39.8 Å². The summed E-state index contributed by atoms with van der Waals surface area (Å²) in [5, 5.41) is 40.9. The first-order valence-corrected chi connectivity index (χ1v) is 17.9. The lowest BCUT2D eigenvalue weighted by molar-refractivity contribution is -0.200. The summed E-state index contributed by atoms with van der Waals surface area (Å²) in [7, 11) is 1.79. The van der Waals surface area contributed by atoms with Gasteiger partial charge >= 0.3 is 5.97 Å². The summed E-state index contributed by atoms with van der Waals surface area (Å²) in [4.78, 5) is 20.4. The molecule has 47 heavy (non-hydrogen) atoms. The number of hydrogen-bond acceptors (Lipinski definition) is 6. The van der Waals surface area contributed by atoms with Crippen LogP contribution in [-0.2, 0) is 9.53 Å². The van der Waals surface area contributed by atoms with Crippen molar-refractivity contribution in [3.63, 3.8) is 0 Å². The fourth-order valence-electron chi connectivity index (χ4n) is 12.2. The van der Waals surface area contributed by atoms with Crippen LogP contribution in [0.2, 0.25) is 0 Å². The van der Waals surface area contributed by atoms with Gasteiger partial charge in [0, 0.05) is 55.5 Å². The molecule has 12 atom stereocenters. The van der Waals surface area contributed by atoms with E-state index in [1.807, 2.05) is 0 Å². The van der Waals surface area contributed by atoms with Gasteiger partial charge in [-0.2, -0.15) is 0 Å². The number of nitrogens with one attached hydrogen (secondary N) is 2. The highest BCUT2D eigenvalue weighted by Gasteiger charge is 2.77. The topological polar surface area (TPSA) is 127 Å². The van der Waals surface area contributed by atoms with Crippen LogP contribution in [0.5, 0.6) is 0 Å². The number of hydrogen-bond donors (Lipinski definition) is 5. The van der Waals surface area contributed by atoms with Gasteiger partial charge in [0.1, 0.15) is 5.60 Å². The second kappa shape index (κ2) is 11.6. The van der Waals surface area contributed by atoms with E-state index < -0.39 is 28.5 Å². The number of carboxylic acid groups (broad SMARTS) is 1. The second-order valence-corrected chi connectivity index (χ2v) is 15.6. The molecule has 3 aliphatic heterocycles. The lowest BCUT2D eigenvalue weighted by Gasteiger charge is -2.62. The Kier molecular flexibility index (Phi) is 7.75. The molecule has 5 bridgehead atoms. The molecule has 5 aliphatic carbocycles. The number of aliphatic imine (C=N–C) groups is 1. The highest BCUT2D eigenvalue weighted by molar-refractivity contribution is 5.92. The van der Waals surface area contributed by atoms with Gasteiger partial charge in [-0.05, 0) is 80.1 Å². The van der Waals surface area contributed by atoms with Crippen molar-refractivity contribution in [1.29, 1.82) is 0 Å². The van der Waals surface area contributed by atoms with Crippen LogP contribution >= 0.6 is 0 Å². The quantitative estimate of drug-likeness (QED) is 0.221. The molecule has 4 fully saturated rings. The molecule has 3 heterocycles. The maximum Gasteiger partial charge on any atom is 0.334 e. The third kappa shape index (κ3) is 4.37. The molecule has 0 aromatic heterocycles. The van der Waals surface area contributed by atoms with Crippen molar-refractivity contribution >= 4 is 11.9 Å². The Hall–Kier alpha value is -2.90. The lowest BCUT2D eigenvalue weighted by Crippen LogP contribution is -2.65. The lowest BCUT2D eigenvalue weighted by atomic mass is 9.44. The number of allylic oxidation sites excluding steroid dienone is 4. The van der Waals surface area contributed by atoms with Crippen LogP contribution in [0.3, 0.4) is 0 Å². The van der Waals surface area contributed by atoms with Crippen LogP contribution in [-0.4, -0.2) is 89.8 Å². The standard InChI is InChI=1S/C38H50N4O5/c1-23-18-26-7-5-14-41-35(39-2)42-16-13-27(20-40-15-17-43)37(22-42)29(26)19-30-32(34(44)45)38(46,21-36(23,30)37)31-12-11-25-10-9-24-6-3-4-8-28(24)33(25)47-31/h3-4,6,8,13,16,23-29,31,33,40,43,46H,9-12,14-15,17-22H2,1-2H3,(H,39,41)(H,44,45). The van der Waals surface area contributed by atoms with Crippen LogP contribution in [0.1, 0.15) is 51.9 Å². The maximum absolute atomic E-state index is 13.6. The van der Waals surface area contributed by atoms with Crippen LogP contribution in [0.25, 0.3) is 0 Å². The first-order chi connectivity index (χ1) is 22.8. The van der Waals surface area contributed by atoms with Gasteiger partial charge in [0.25, 0.3) is 0 Å². The summed E-state index contributed by atoms with van der Waals surface area (Å²) in [5.41, 5.74) is -1.43. The van der Waals surface area contributed by atoms with Gasteiger partial charge in [-0.3, -0.25) is 4.99 Å². The van der Waals surface area contributed by atoms with E-state index in [-0.39, 0.29) is 47.9 Å². The smallest absolute Gasteiger partial charge is 0.334 e. The van der Waals surface area contributed by atoms with Gasteiger partial charge in [0.2, 0.25) is 0 Å². The Morgan fingerprint density at radius 1 is 1.21 bits per heavy atom. The molecular weight excluding hydrogens is 592 g/mol. The molecule has 0 amide bonds. The molecule has 0 radical (unpaired) electrons. The Morgan fingerprint density at radius 3 is 2.85 bits per heavy atom. The molecule has 12 unspecified atom stereocenters. The number of carbonyl (C=O) groups is 1. The molecule has 8 rings (SSSR count). The van der Waals surface area contributed by atoms with Crippen molar-refractivity contribution in [1.82, 2.24) is 15.5 Å². The zero-order chi connectivity index (χ0) is 32.6. The molecule has 9 heteroatoms. The maximum atomic E-state index is 13.6. The predicted octanol–water partition coefficient (Wildman–Crippen LogP) is 3.09. The van der Waals surface area contributed by atoms with Gasteiger partial charge in [0.05, 0.1) is 30.9 Å². The van der Waals surface area contributed by atoms with E-state index in [1.165, 1.54) is 0 Å². The molecule has 9 nitrogen and oxygen atoms in total. The van der Waals surface area contributed by atoms with Gasteiger partial charge in [0.15, 0.2) is 5.96 Å². The Labute approximate surface area is 278 Å². The van der Waals surface area contributed by atoms with E-state index in [0.717, 1.165) is 37.2 Å². The van der Waals surface area contributed by atoms with E-state index in [2.05, 4.69) is 75.9 Å². The van der Waals surface area contributed by atoms with Crippen molar-refractivity contribution < 1.29 is 24.9 Å². The number of rotatable bonds is 6. The highest BCUT2D eigenvalue weighted by Crippen LogP contribution is 2.78. The molecule has 8 aliphatic rings. The number of carboxylic acids is 1. The van der Waals surface area contributed by atoms with E-state index in [4.69, 9.17) is 4.74 Å². The number of aliphatic hydroxyl groups is 2. The normalized spacial score (nSPS) is 46.7. The van der Waals surface area contributed by atoms with Crippen molar-refractivity contribution in [3.05, 3.63) is 47.7 Å². The summed E-state index contributed by atoms with van der Waals surface area (Å²) in [6.07, 6.45) is 18.3. The van der Waals surface area contributed by atoms with Crippen molar-refractivity contribution in [3.8, 4) is 11.8 Å². The Balaban J connectivity index is 1.26. The molecule has 1 saturated heterocycles. The van der Waals surface area contributed by atoms with E-state index in [9.17, 15) is 20.1 Å². The average molecular weight is 643 g/mol.